The van der Waals surface area contributed by atoms with Crippen molar-refractivity contribution in [2.75, 3.05) is 12.4 Å². The number of esters is 2. The van der Waals surface area contributed by atoms with E-state index in [0.29, 0.717) is 39.9 Å². The summed E-state index contributed by atoms with van der Waals surface area (Å²) >= 11 is 3.38. The highest BCUT2D eigenvalue weighted by Gasteiger charge is 2.17. The maximum Gasteiger partial charge on any atom is 0.310 e. The van der Waals surface area contributed by atoms with Crippen LogP contribution < -0.4 is 5.32 Å². The van der Waals surface area contributed by atoms with E-state index in [1.54, 1.807) is 69.3 Å². The van der Waals surface area contributed by atoms with Crippen LogP contribution in [0.25, 0.3) is 11.1 Å². The highest BCUT2D eigenvalue weighted by Crippen LogP contribution is 2.26. The Hall–Kier alpha value is -3.52. The van der Waals surface area contributed by atoms with Gasteiger partial charge in [0.15, 0.2) is 0 Å². The molecule has 1 N–H and O–H groups in total. The summed E-state index contributed by atoms with van der Waals surface area (Å²) in [7, 11) is 1.31. The number of benzene rings is 3. The van der Waals surface area contributed by atoms with Crippen molar-refractivity contribution in [3.63, 3.8) is 0 Å². The number of halogens is 2. The number of rotatable bonds is 8. The lowest BCUT2D eigenvalue weighted by Crippen LogP contribution is -2.24. The molecule has 194 valence electrons. The number of aryl methyl sites for hydroxylation is 1. The zero-order chi connectivity index (χ0) is 27.2. The van der Waals surface area contributed by atoms with E-state index < -0.39 is 17.4 Å². The Labute approximate surface area is 224 Å². The summed E-state index contributed by atoms with van der Waals surface area (Å²) in [4.78, 5) is 36.9. The highest BCUT2D eigenvalue weighted by molar-refractivity contribution is 9.10. The van der Waals surface area contributed by atoms with E-state index in [-0.39, 0.29) is 24.7 Å². The molecule has 0 atom stereocenters. The second-order valence-corrected chi connectivity index (χ2v) is 10.4. The molecule has 8 heteroatoms. The third kappa shape index (κ3) is 8.53. The molecule has 0 aliphatic carbocycles. The van der Waals surface area contributed by atoms with E-state index in [1.165, 1.54) is 19.2 Å². The number of anilines is 1. The Morgan fingerprint density at radius 3 is 2.41 bits per heavy atom. The molecule has 0 aliphatic rings. The quantitative estimate of drug-likeness (QED) is 0.313. The lowest BCUT2D eigenvalue weighted by atomic mass is 9.98. The number of amides is 1. The van der Waals surface area contributed by atoms with E-state index in [4.69, 9.17) is 9.47 Å². The maximum atomic E-state index is 14.4. The van der Waals surface area contributed by atoms with E-state index in [1.807, 2.05) is 0 Å². The fourth-order valence-electron chi connectivity index (χ4n) is 3.69. The molecule has 0 saturated heterocycles. The minimum atomic E-state index is -0.582. The molecule has 37 heavy (non-hydrogen) atoms. The highest BCUT2D eigenvalue weighted by atomic mass is 79.9. The van der Waals surface area contributed by atoms with Gasteiger partial charge in [-0.2, -0.15) is 0 Å². The van der Waals surface area contributed by atoms with Crippen LogP contribution in [0.3, 0.4) is 0 Å². The van der Waals surface area contributed by atoms with Gasteiger partial charge in [-0.1, -0.05) is 34.1 Å². The van der Waals surface area contributed by atoms with Gasteiger partial charge in [-0.25, -0.2) is 4.39 Å². The smallest absolute Gasteiger partial charge is 0.310 e. The van der Waals surface area contributed by atoms with Crippen molar-refractivity contribution < 1.29 is 28.2 Å². The molecule has 0 unspecified atom stereocenters. The average molecular weight is 570 g/mol. The third-order valence-corrected chi connectivity index (χ3v) is 5.82. The third-order valence-electron chi connectivity index (χ3n) is 5.33. The summed E-state index contributed by atoms with van der Waals surface area (Å²) in [6.45, 7) is 5.39. The van der Waals surface area contributed by atoms with Gasteiger partial charge in [-0.3, -0.25) is 14.4 Å². The van der Waals surface area contributed by atoms with E-state index >= 15 is 0 Å². The first-order valence-electron chi connectivity index (χ1n) is 11.7. The van der Waals surface area contributed by atoms with Crippen molar-refractivity contribution in [2.24, 2.45) is 0 Å². The lowest BCUT2D eigenvalue weighted by molar-refractivity contribution is -0.154. The minimum absolute atomic E-state index is 0.000950. The van der Waals surface area contributed by atoms with Gasteiger partial charge < -0.3 is 14.8 Å². The number of nitrogens with one attached hydrogen (secondary N) is 1. The van der Waals surface area contributed by atoms with Crippen LogP contribution in [-0.2, 0) is 31.9 Å². The molecule has 0 fully saturated rings. The van der Waals surface area contributed by atoms with Gasteiger partial charge in [0.25, 0.3) is 5.91 Å². The number of ether oxygens (including phenoxy) is 2. The fraction of sp³-hybridized carbons (Fsp3) is 0.276. The molecule has 0 heterocycles. The molecule has 3 aromatic rings. The Kier molecular flexibility index (Phi) is 9.21. The van der Waals surface area contributed by atoms with Crippen molar-refractivity contribution in [1.29, 1.82) is 0 Å². The molecule has 0 radical (unpaired) electrons. The normalized spacial score (nSPS) is 11.1. The summed E-state index contributed by atoms with van der Waals surface area (Å²) in [5, 5.41) is 2.84. The van der Waals surface area contributed by atoms with Gasteiger partial charge in [0.2, 0.25) is 0 Å². The Morgan fingerprint density at radius 2 is 1.70 bits per heavy atom. The zero-order valence-electron chi connectivity index (χ0n) is 21.2. The number of carbonyl (C=O) groups is 3. The summed E-state index contributed by atoms with van der Waals surface area (Å²) in [5.41, 5.74) is 2.76. The van der Waals surface area contributed by atoms with Crippen LogP contribution in [0.2, 0.25) is 0 Å². The first-order valence-corrected chi connectivity index (χ1v) is 12.5. The predicted octanol–water partition coefficient (Wildman–Crippen LogP) is 6.50. The van der Waals surface area contributed by atoms with E-state index in [0.717, 1.165) is 4.47 Å². The van der Waals surface area contributed by atoms with Gasteiger partial charge in [0.05, 0.1) is 13.5 Å². The van der Waals surface area contributed by atoms with Gasteiger partial charge in [-0.15, -0.1) is 0 Å². The monoisotopic (exact) mass is 569 g/mol. The first-order chi connectivity index (χ1) is 17.4. The van der Waals surface area contributed by atoms with Crippen LogP contribution in [-0.4, -0.2) is 30.6 Å². The first kappa shape index (κ1) is 28.1. The fourth-order valence-corrected chi connectivity index (χ4v) is 4.10. The molecule has 0 spiro atoms. The standard InChI is InChI=1S/C29H29BrFNO5/c1-29(2,3)37-26(33)11-8-18-12-21(16-24(31)13-18)19-6-5-7-20(14-19)28(35)32-25-10-9-23(30)15-22(25)17-27(34)36-4/h5-7,9-10,12-16H,8,11,17H2,1-4H3,(H,32,35). The Balaban J connectivity index is 1.79. The topological polar surface area (TPSA) is 81.7 Å². The molecule has 0 bridgehead atoms. The number of hydrogen-bond donors (Lipinski definition) is 1. The van der Waals surface area contributed by atoms with E-state index in [2.05, 4.69) is 21.2 Å². The van der Waals surface area contributed by atoms with Crippen LogP contribution in [0, 0.1) is 5.82 Å². The largest absolute Gasteiger partial charge is 0.469 e. The van der Waals surface area contributed by atoms with Crippen LogP contribution in [0.15, 0.2) is 65.1 Å². The van der Waals surface area contributed by atoms with Crippen molar-refractivity contribution in [2.45, 2.75) is 45.6 Å². The molecule has 3 aromatic carbocycles. The van der Waals surface area contributed by atoms with Gasteiger partial charge in [-0.05, 0) is 91.9 Å². The zero-order valence-corrected chi connectivity index (χ0v) is 22.8. The van der Waals surface area contributed by atoms with Gasteiger partial charge in [0.1, 0.15) is 11.4 Å². The van der Waals surface area contributed by atoms with Crippen molar-refractivity contribution in [1.82, 2.24) is 0 Å². The van der Waals surface area contributed by atoms with Crippen molar-refractivity contribution in [3.8, 4) is 11.1 Å². The second-order valence-electron chi connectivity index (χ2n) is 9.52. The summed E-state index contributed by atoms with van der Waals surface area (Å²) < 4.78 is 25.3. The van der Waals surface area contributed by atoms with Crippen molar-refractivity contribution >= 4 is 39.5 Å². The van der Waals surface area contributed by atoms with Crippen LogP contribution >= 0.6 is 15.9 Å². The maximum absolute atomic E-state index is 14.4. The van der Waals surface area contributed by atoms with Crippen LogP contribution in [0.4, 0.5) is 10.1 Å². The molecule has 1 amide bonds. The molecular formula is C29H29BrFNO5. The van der Waals surface area contributed by atoms with Crippen LogP contribution in [0.5, 0.6) is 0 Å². The average Bonchev–Trinajstić information content (AvgIpc) is 2.83. The van der Waals surface area contributed by atoms with Crippen LogP contribution in [0.1, 0.15) is 48.7 Å². The summed E-state index contributed by atoms with van der Waals surface area (Å²) in [6.07, 6.45) is 0.455. The molecule has 0 aliphatic heterocycles. The van der Waals surface area contributed by atoms with Crippen molar-refractivity contribution in [3.05, 3.63) is 87.6 Å². The van der Waals surface area contributed by atoms with Gasteiger partial charge >= 0.3 is 11.9 Å². The number of methoxy groups -OCH3 is 1. The van der Waals surface area contributed by atoms with Gasteiger partial charge in [0, 0.05) is 22.1 Å². The molecule has 0 aromatic heterocycles. The molecule has 3 rings (SSSR count). The number of hydrogen-bond acceptors (Lipinski definition) is 5. The van der Waals surface area contributed by atoms with E-state index in [9.17, 15) is 18.8 Å². The summed E-state index contributed by atoms with van der Waals surface area (Å²) in [6, 6.07) is 16.6. The Bertz CT molecular complexity index is 1320. The predicted molar refractivity (Wildman–Crippen MR) is 144 cm³/mol. The molecular weight excluding hydrogens is 541 g/mol. The molecule has 0 saturated carbocycles. The minimum Gasteiger partial charge on any atom is -0.469 e. The lowest BCUT2D eigenvalue weighted by Gasteiger charge is -2.19. The SMILES string of the molecule is COC(=O)Cc1cc(Br)ccc1NC(=O)c1cccc(-c2cc(F)cc(CCC(=O)OC(C)(C)C)c2)c1. The summed E-state index contributed by atoms with van der Waals surface area (Å²) in [5.74, 6) is -1.59. The second kappa shape index (κ2) is 12.1. The number of carbonyl (C=O) groups excluding carboxylic acids is 3. The molecule has 6 nitrogen and oxygen atoms in total. The Morgan fingerprint density at radius 1 is 0.946 bits per heavy atom.